The molecule has 0 aliphatic carbocycles. The lowest BCUT2D eigenvalue weighted by Gasteiger charge is -2.06. The molecule has 0 aliphatic rings. The summed E-state index contributed by atoms with van der Waals surface area (Å²) in [5.41, 5.74) is 0. The van der Waals surface area contributed by atoms with Gasteiger partial charge >= 0.3 is 0 Å². The molecule has 0 aromatic carbocycles. The molecule has 2 unspecified atom stereocenters. The van der Waals surface area contributed by atoms with Crippen LogP contribution in [0.15, 0.2) is 12.2 Å². The van der Waals surface area contributed by atoms with Crippen molar-refractivity contribution < 1.29 is 10.2 Å². The average molecular weight is 129 g/mol. The average Bonchev–Trinajstić information content (AvgIpc) is 1.82. The van der Waals surface area contributed by atoms with Crippen LogP contribution in [-0.4, -0.2) is 22.4 Å². The fourth-order valence-corrected chi connectivity index (χ4v) is 0.404. The minimum absolute atomic E-state index is 0.815. The maximum Gasteiger partial charge on any atom is 0.0979 e. The molecule has 0 saturated carbocycles. The van der Waals surface area contributed by atoms with Crippen LogP contribution in [0.2, 0.25) is 0 Å². The van der Waals surface area contributed by atoms with Crippen LogP contribution in [0.3, 0.4) is 0 Å². The molecule has 0 amide bonds. The molecule has 53 valence electrons. The van der Waals surface area contributed by atoms with E-state index in [1.165, 1.54) is 6.08 Å². The predicted octanol–water partition coefficient (Wildman–Crippen LogP) is 0.508. The van der Waals surface area contributed by atoms with Crippen molar-refractivity contribution in [1.29, 1.82) is 0 Å². The summed E-state index contributed by atoms with van der Waals surface area (Å²) in [6.45, 7) is 5.20. The normalized spacial score (nSPS) is 18.2. The second-order valence-electron chi connectivity index (χ2n) is 1.89. The second kappa shape index (κ2) is 4.53. The van der Waals surface area contributed by atoms with Gasteiger partial charge < -0.3 is 10.2 Å². The van der Waals surface area contributed by atoms with Gasteiger partial charge in [0, 0.05) is 0 Å². The third-order valence-electron chi connectivity index (χ3n) is 0.963. The Kier molecular flexibility index (Phi) is 4.36. The summed E-state index contributed by atoms with van der Waals surface area (Å²) in [6.07, 6.45) is 2.47. The Morgan fingerprint density at radius 1 is 1.56 bits per heavy atom. The minimum atomic E-state index is -0.909. The highest BCUT2D eigenvalue weighted by molar-refractivity contribution is 4.92. The molecule has 9 heavy (non-hydrogen) atoms. The zero-order valence-corrected chi connectivity index (χ0v) is 5.62. The van der Waals surface area contributed by atoms with Gasteiger partial charge in [0.1, 0.15) is 0 Å². The SMILES string of the molecule is [CH2]C(O)C(O)C=CCC. The molecule has 2 N–H and O–H groups in total. The van der Waals surface area contributed by atoms with Gasteiger partial charge in [-0.05, 0) is 13.3 Å². The van der Waals surface area contributed by atoms with Crippen molar-refractivity contribution in [3.63, 3.8) is 0 Å². The smallest absolute Gasteiger partial charge is 0.0979 e. The first-order chi connectivity index (χ1) is 4.18. The Hall–Kier alpha value is -0.340. The molecule has 0 fully saturated rings. The number of hydrogen-bond acceptors (Lipinski definition) is 2. The summed E-state index contributed by atoms with van der Waals surface area (Å²) >= 11 is 0. The maximum absolute atomic E-state index is 8.86. The Morgan fingerprint density at radius 2 is 2.11 bits per heavy atom. The van der Waals surface area contributed by atoms with Gasteiger partial charge in [-0.15, -0.1) is 0 Å². The van der Waals surface area contributed by atoms with Crippen molar-refractivity contribution in [2.45, 2.75) is 25.6 Å². The summed E-state index contributed by atoms with van der Waals surface area (Å²) in [4.78, 5) is 0. The number of allylic oxidation sites excluding steroid dienone is 1. The first-order valence-electron chi connectivity index (χ1n) is 3.04. The van der Waals surface area contributed by atoms with Crippen LogP contribution in [0.25, 0.3) is 0 Å². The third kappa shape index (κ3) is 4.18. The molecule has 0 saturated heterocycles. The number of hydrogen-bond donors (Lipinski definition) is 2. The van der Waals surface area contributed by atoms with Crippen molar-refractivity contribution in [3.05, 3.63) is 19.1 Å². The summed E-state index contributed by atoms with van der Waals surface area (Å²) < 4.78 is 0. The lowest BCUT2D eigenvalue weighted by atomic mass is 10.2. The molecule has 0 heterocycles. The van der Waals surface area contributed by atoms with E-state index in [0.717, 1.165) is 6.42 Å². The highest BCUT2D eigenvalue weighted by Gasteiger charge is 2.04. The lowest BCUT2D eigenvalue weighted by molar-refractivity contribution is 0.0788. The summed E-state index contributed by atoms with van der Waals surface area (Å²) in [6, 6.07) is 0. The quantitative estimate of drug-likeness (QED) is 0.545. The number of rotatable bonds is 3. The zero-order valence-electron chi connectivity index (χ0n) is 5.62. The summed E-state index contributed by atoms with van der Waals surface area (Å²) in [5.74, 6) is 0. The van der Waals surface area contributed by atoms with Crippen LogP contribution in [0, 0.1) is 6.92 Å². The molecule has 0 bridgehead atoms. The molecule has 0 aliphatic heterocycles. The van der Waals surface area contributed by atoms with Crippen LogP contribution in [-0.2, 0) is 0 Å². The van der Waals surface area contributed by atoms with Crippen LogP contribution in [0.5, 0.6) is 0 Å². The fourth-order valence-electron chi connectivity index (χ4n) is 0.404. The van der Waals surface area contributed by atoms with Crippen LogP contribution >= 0.6 is 0 Å². The van der Waals surface area contributed by atoms with E-state index in [4.69, 9.17) is 10.2 Å². The highest BCUT2D eigenvalue weighted by Crippen LogP contribution is 1.93. The van der Waals surface area contributed by atoms with Crippen molar-refractivity contribution in [3.8, 4) is 0 Å². The van der Waals surface area contributed by atoms with Gasteiger partial charge in [-0.2, -0.15) is 0 Å². The van der Waals surface area contributed by atoms with E-state index in [1.807, 2.05) is 6.92 Å². The predicted molar refractivity (Wildman–Crippen MR) is 36.8 cm³/mol. The molecule has 2 heteroatoms. The van der Waals surface area contributed by atoms with Gasteiger partial charge in [0.15, 0.2) is 0 Å². The molecule has 0 aromatic rings. The monoisotopic (exact) mass is 129 g/mol. The summed E-state index contributed by atoms with van der Waals surface area (Å²) in [5, 5.41) is 17.5. The van der Waals surface area contributed by atoms with Crippen LogP contribution in [0.1, 0.15) is 13.3 Å². The van der Waals surface area contributed by atoms with Gasteiger partial charge in [0.05, 0.1) is 12.2 Å². The molecular formula is C7H13O2. The highest BCUT2D eigenvalue weighted by atomic mass is 16.3. The lowest BCUT2D eigenvalue weighted by Crippen LogP contribution is -2.19. The summed E-state index contributed by atoms with van der Waals surface area (Å²) in [7, 11) is 0. The Labute approximate surface area is 55.8 Å². The van der Waals surface area contributed by atoms with E-state index in [2.05, 4.69) is 6.92 Å². The number of aliphatic hydroxyl groups is 2. The van der Waals surface area contributed by atoms with Gasteiger partial charge in [0.2, 0.25) is 0 Å². The Bertz CT molecular complexity index is 86.9. The van der Waals surface area contributed by atoms with E-state index in [9.17, 15) is 0 Å². The maximum atomic E-state index is 8.86. The molecule has 1 radical (unpaired) electrons. The van der Waals surface area contributed by atoms with Crippen molar-refractivity contribution >= 4 is 0 Å². The zero-order chi connectivity index (χ0) is 7.28. The van der Waals surface area contributed by atoms with E-state index in [-0.39, 0.29) is 0 Å². The van der Waals surface area contributed by atoms with Crippen LogP contribution < -0.4 is 0 Å². The molecule has 0 rings (SSSR count). The third-order valence-corrected chi connectivity index (χ3v) is 0.963. The first kappa shape index (κ1) is 8.66. The Morgan fingerprint density at radius 3 is 2.44 bits per heavy atom. The topological polar surface area (TPSA) is 40.5 Å². The Balaban J connectivity index is 3.48. The van der Waals surface area contributed by atoms with Crippen molar-refractivity contribution in [2.24, 2.45) is 0 Å². The van der Waals surface area contributed by atoms with Crippen LogP contribution in [0.4, 0.5) is 0 Å². The van der Waals surface area contributed by atoms with E-state index < -0.39 is 12.2 Å². The minimum Gasteiger partial charge on any atom is -0.390 e. The molecule has 0 spiro atoms. The van der Waals surface area contributed by atoms with Gasteiger partial charge in [-0.3, -0.25) is 0 Å². The van der Waals surface area contributed by atoms with E-state index in [1.54, 1.807) is 6.08 Å². The molecular weight excluding hydrogens is 116 g/mol. The van der Waals surface area contributed by atoms with Crippen molar-refractivity contribution in [1.82, 2.24) is 0 Å². The van der Waals surface area contributed by atoms with Gasteiger partial charge in [0.25, 0.3) is 0 Å². The number of aliphatic hydroxyl groups excluding tert-OH is 2. The van der Waals surface area contributed by atoms with E-state index >= 15 is 0 Å². The molecule has 0 aromatic heterocycles. The first-order valence-corrected chi connectivity index (χ1v) is 3.04. The standard InChI is InChI=1S/C7H13O2/c1-3-4-5-7(9)6(2)8/h4-9H,2-3H2,1H3. The van der Waals surface area contributed by atoms with Gasteiger partial charge in [-0.25, -0.2) is 0 Å². The molecule has 2 nitrogen and oxygen atoms in total. The molecule has 2 atom stereocenters. The van der Waals surface area contributed by atoms with Crippen molar-refractivity contribution in [2.75, 3.05) is 0 Å². The second-order valence-corrected chi connectivity index (χ2v) is 1.89. The largest absolute Gasteiger partial charge is 0.390 e. The van der Waals surface area contributed by atoms with Gasteiger partial charge in [-0.1, -0.05) is 19.1 Å². The fraction of sp³-hybridized carbons (Fsp3) is 0.571. The van der Waals surface area contributed by atoms with E-state index in [0.29, 0.717) is 0 Å².